The van der Waals surface area contributed by atoms with Crippen molar-refractivity contribution in [3.8, 4) is 11.4 Å². The number of hydrogen-bond donors (Lipinski definition) is 1. The van der Waals surface area contributed by atoms with E-state index in [0.29, 0.717) is 21.6 Å². The first-order valence-electron chi connectivity index (χ1n) is 5.78. The van der Waals surface area contributed by atoms with E-state index in [9.17, 15) is 4.39 Å². The van der Waals surface area contributed by atoms with Crippen LogP contribution in [0.3, 0.4) is 0 Å². The maximum atomic E-state index is 13.3. The predicted molar refractivity (Wildman–Crippen MR) is 78.3 cm³/mol. The Hall–Kier alpha value is -1.73. The van der Waals surface area contributed by atoms with Gasteiger partial charge in [0.25, 0.3) is 0 Å². The van der Waals surface area contributed by atoms with E-state index in [4.69, 9.17) is 16.6 Å². The number of H-pyrrole nitrogens is 1. The molecule has 0 amide bonds. The van der Waals surface area contributed by atoms with Crippen LogP contribution < -0.4 is 0 Å². The summed E-state index contributed by atoms with van der Waals surface area (Å²) >= 11 is 8.39. The highest BCUT2D eigenvalue weighted by Gasteiger charge is 2.12. The van der Waals surface area contributed by atoms with Gasteiger partial charge in [-0.05, 0) is 58.5 Å². The standard InChI is InChI=1S/C13H9BrFN3OS/c14-10-6-8(3-4-11(10)15)12-16-17-13(20)18(12)7-9-2-1-5-19-9/h1-6H,7H2,(H,17,20). The minimum atomic E-state index is -0.319. The van der Waals surface area contributed by atoms with Crippen molar-refractivity contribution in [2.45, 2.75) is 6.54 Å². The number of halogens is 2. The van der Waals surface area contributed by atoms with E-state index in [-0.39, 0.29) is 5.82 Å². The summed E-state index contributed by atoms with van der Waals surface area (Å²) in [4.78, 5) is 0. The van der Waals surface area contributed by atoms with Gasteiger partial charge in [-0.1, -0.05) is 0 Å². The molecule has 0 fully saturated rings. The second-order valence-electron chi connectivity index (χ2n) is 4.15. The van der Waals surface area contributed by atoms with Gasteiger partial charge in [0.2, 0.25) is 0 Å². The molecule has 20 heavy (non-hydrogen) atoms. The molecule has 1 aromatic carbocycles. The molecule has 2 heterocycles. The molecule has 0 bridgehead atoms. The smallest absolute Gasteiger partial charge is 0.195 e. The number of nitrogens with one attached hydrogen (secondary N) is 1. The number of aromatic amines is 1. The zero-order valence-electron chi connectivity index (χ0n) is 10.1. The van der Waals surface area contributed by atoms with Crippen molar-refractivity contribution < 1.29 is 8.81 Å². The number of hydrogen-bond acceptors (Lipinski definition) is 3. The Labute approximate surface area is 127 Å². The van der Waals surface area contributed by atoms with Crippen molar-refractivity contribution in [2.75, 3.05) is 0 Å². The minimum Gasteiger partial charge on any atom is -0.467 e. The fourth-order valence-electron chi connectivity index (χ4n) is 1.88. The molecule has 102 valence electrons. The highest BCUT2D eigenvalue weighted by molar-refractivity contribution is 9.10. The molecule has 0 unspecified atom stereocenters. The highest BCUT2D eigenvalue weighted by atomic mass is 79.9. The third-order valence-electron chi connectivity index (χ3n) is 2.83. The molecule has 0 saturated carbocycles. The molecular formula is C13H9BrFN3OS. The number of aromatic nitrogens is 3. The molecular weight excluding hydrogens is 345 g/mol. The predicted octanol–water partition coefficient (Wildman–Crippen LogP) is 4.15. The van der Waals surface area contributed by atoms with Crippen molar-refractivity contribution in [3.63, 3.8) is 0 Å². The van der Waals surface area contributed by atoms with Crippen molar-refractivity contribution in [2.24, 2.45) is 0 Å². The third kappa shape index (κ3) is 2.46. The van der Waals surface area contributed by atoms with Crippen molar-refractivity contribution in [3.05, 3.63) is 57.4 Å². The Bertz CT molecular complexity index is 794. The molecule has 0 atom stereocenters. The maximum absolute atomic E-state index is 13.3. The first-order valence-corrected chi connectivity index (χ1v) is 6.98. The van der Waals surface area contributed by atoms with Crippen molar-refractivity contribution in [1.29, 1.82) is 0 Å². The van der Waals surface area contributed by atoms with Crippen LogP contribution in [-0.4, -0.2) is 14.8 Å². The van der Waals surface area contributed by atoms with Gasteiger partial charge in [0.15, 0.2) is 10.6 Å². The summed E-state index contributed by atoms with van der Waals surface area (Å²) in [5.41, 5.74) is 0.761. The number of furan rings is 1. The van der Waals surface area contributed by atoms with E-state index in [1.165, 1.54) is 6.07 Å². The van der Waals surface area contributed by atoms with Crippen LogP contribution in [0.5, 0.6) is 0 Å². The van der Waals surface area contributed by atoms with Crippen LogP contribution >= 0.6 is 28.1 Å². The van der Waals surface area contributed by atoms with Gasteiger partial charge in [0.1, 0.15) is 11.6 Å². The summed E-state index contributed by atoms with van der Waals surface area (Å²) in [5.74, 6) is 1.08. The van der Waals surface area contributed by atoms with E-state index in [1.54, 1.807) is 23.0 Å². The molecule has 4 nitrogen and oxygen atoms in total. The fraction of sp³-hybridized carbons (Fsp3) is 0.0769. The number of benzene rings is 1. The average Bonchev–Trinajstić information content (AvgIpc) is 3.05. The molecule has 0 saturated heterocycles. The van der Waals surface area contributed by atoms with Gasteiger partial charge < -0.3 is 4.42 Å². The Morgan fingerprint density at radius 1 is 1.40 bits per heavy atom. The molecule has 1 N–H and O–H groups in total. The topological polar surface area (TPSA) is 46.8 Å². The van der Waals surface area contributed by atoms with E-state index in [0.717, 1.165) is 11.3 Å². The molecule has 3 rings (SSSR count). The van der Waals surface area contributed by atoms with Gasteiger partial charge in [-0.3, -0.25) is 9.67 Å². The Balaban J connectivity index is 2.06. The summed E-state index contributed by atoms with van der Waals surface area (Å²) in [6.07, 6.45) is 1.60. The Morgan fingerprint density at radius 3 is 2.95 bits per heavy atom. The molecule has 0 aliphatic carbocycles. The van der Waals surface area contributed by atoms with Gasteiger partial charge in [0.05, 0.1) is 17.3 Å². The lowest BCUT2D eigenvalue weighted by atomic mass is 10.2. The van der Waals surface area contributed by atoms with Crippen molar-refractivity contribution in [1.82, 2.24) is 14.8 Å². The van der Waals surface area contributed by atoms with E-state index in [2.05, 4.69) is 26.1 Å². The highest BCUT2D eigenvalue weighted by Crippen LogP contribution is 2.24. The van der Waals surface area contributed by atoms with E-state index in [1.807, 2.05) is 12.1 Å². The molecule has 7 heteroatoms. The van der Waals surface area contributed by atoms with E-state index >= 15 is 0 Å². The third-order valence-corrected chi connectivity index (χ3v) is 3.75. The average molecular weight is 354 g/mol. The molecule has 0 radical (unpaired) electrons. The largest absolute Gasteiger partial charge is 0.467 e. The molecule has 2 aromatic heterocycles. The summed E-state index contributed by atoms with van der Waals surface area (Å²) in [6, 6.07) is 8.38. The van der Waals surface area contributed by atoms with Gasteiger partial charge >= 0.3 is 0 Å². The Kier molecular flexibility index (Phi) is 3.54. The number of rotatable bonds is 3. The lowest BCUT2D eigenvalue weighted by molar-refractivity contribution is 0.493. The summed E-state index contributed by atoms with van der Waals surface area (Å²) in [5, 5.41) is 6.95. The first-order chi connectivity index (χ1) is 9.65. The van der Waals surface area contributed by atoms with Gasteiger partial charge in [-0.15, -0.1) is 0 Å². The summed E-state index contributed by atoms with van der Waals surface area (Å²) in [6.45, 7) is 0.465. The minimum absolute atomic E-state index is 0.319. The maximum Gasteiger partial charge on any atom is 0.195 e. The monoisotopic (exact) mass is 353 g/mol. The zero-order chi connectivity index (χ0) is 14.1. The normalized spacial score (nSPS) is 10.9. The van der Waals surface area contributed by atoms with Crippen LogP contribution in [0.1, 0.15) is 5.76 Å². The first kappa shape index (κ1) is 13.3. The van der Waals surface area contributed by atoms with Gasteiger partial charge in [-0.25, -0.2) is 4.39 Å². The summed E-state index contributed by atoms with van der Waals surface area (Å²) < 4.78 is 21.3. The van der Waals surface area contributed by atoms with Crippen LogP contribution in [0.25, 0.3) is 11.4 Å². The summed E-state index contributed by atoms with van der Waals surface area (Å²) in [7, 11) is 0. The zero-order valence-corrected chi connectivity index (χ0v) is 12.5. The Morgan fingerprint density at radius 2 is 2.25 bits per heavy atom. The van der Waals surface area contributed by atoms with Crippen molar-refractivity contribution >= 4 is 28.1 Å². The molecule has 0 aliphatic rings. The van der Waals surface area contributed by atoms with Crippen LogP contribution in [-0.2, 0) is 6.54 Å². The molecule has 0 spiro atoms. The number of nitrogens with zero attached hydrogens (tertiary/aromatic N) is 2. The molecule has 0 aliphatic heterocycles. The van der Waals surface area contributed by atoms with Gasteiger partial charge in [-0.2, -0.15) is 5.10 Å². The van der Waals surface area contributed by atoms with Crippen LogP contribution in [0.2, 0.25) is 0 Å². The lowest BCUT2D eigenvalue weighted by Crippen LogP contribution is -2.01. The van der Waals surface area contributed by atoms with Crippen LogP contribution in [0.4, 0.5) is 4.39 Å². The second-order valence-corrected chi connectivity index (χ2v) is 5.39. The molecule has 3 aromatic rings. The quantitative estimate of drug-likeness (QED) is 0.719. The SMILES string of the molecule is Fc1ccc(-c2n[nH]c(=S)n2Cc2ccco2)cc1Br. The van der Waals surface area contributed by atoms with Crippen LogP contribution in [0, 0.1) is 10.6 Å². The van der Waals surface area contributed by atoms with Gasteiger partial charge in [0, 0.05) is 5.56 Å². The van der Waals surface area contributed by atoms with Crippen LogP contribution in [0.15, 0.2) is 45.5 Å². The lowest BCUT2D eigenvalue weighted by Gasteiger charge is -2.05. The fourth-order valence-corrected chi connectivity index (χ4v) is 2.45. The van der Waals surface area contributed by atoms with E-state index < -0.39 is 0 Å². The second kappa shape index (κ2) is 5.34.